The number of hydrogen-bond donors (Lipinski definition) is 0. The molecule has 5 heteroatoms. The topological polar surface area (TPSA) is 34.1 Å². The van der Waals surface area contributed by atoms with Gasteiger partial charge in [0.2, 0.25) is 0 Å². The number of aryl methyl sites for hydroxylation is 2. The molecule has 1 heterocycles. The summed E-state index contributed by atoms with van der Waals surface area (Å²) in [6.45, 7) is 3.90. The van der Waals surface area contributed by atoms with Gasteiger partial charge in [-0.25, -0.2) is 0 Å². The number of ketones is 1. The molecule has 2 nitrogen and oxygen atoms in total. The number of halogens is 1. The van der Waals surface area contributed by atoms with E-state index >= 15 is 0 Å². The first-order chi connectivity index (χ1) is 8.97. The number of Topliss-reactive ketones (excluding diaryl/α,β-unsaturated/α-hetero) is 1. The van der Waals surface area contributed by atoms with E-state index in [1.54, 1.807) is 23.5 Å². The highest BCUT2D eigenvalue weighted by Gasteiger charge is 2.16. The zero-order valence-electron chi connectivity index (χ0n) is 10.6. The first-order valence-corrected chi connectivity index (χ1v) is 8.64. The maximum Gasteiger partial charge on any atom is 0.176 e. The number of carbonyl (C=O) groups is 1. The molecular formula is C14H13BrO2S2. The third-order valence-corrected chi connectivity index (χ3v) is 5.43. The Morgan fingerprint density at radius 3 is 2.63 bits per heavy atom. The lowest BCUT2D eigenvalue weighted by atomic mass is 10.2. The summed E-state index contributed by atoms with van der Waals surface area (Å²) in [5.74, 6) is -0.0202. The van der Waals surface area contributed by atoms with Crippen LogP contribution in [0.4, 0.5) is 0 Å². The van der Waals surface area contributed by atoms with Crippen molar-refractivity contribution in [1.29, 1.82) is 0 Å². The maximum absolute atomic E-state index is 12.2. The highest BCUT2D eigenvalue weighted by molar-refractivity contribution is 9.10. The van der Waals surface area contributed by atoms with Gasteiger partial charge in [0.15, 0.2) is 5.78 Å². The average molecular weight is 357 g/mol. The fourth-order valence-corrected chi connectivity index (χ4v) is 4.34. The maximum atomic E-state index is 12.2. The molecule has 1 atom stereocenters. The van der Waals surface area contributed by atoms with Crippen molar-refractivity contribution < 1.29 is 9.00 Å². The molecule has 0 aliphatic rings. The highest BCUT2D eigenvalue weighted by Crippen LogP contribution is 2.22. The van der Waals surface area contributed by atoms with Crippen molar-refractivity contribution in [3.63, 3.8) is 0 Å². The van der Waals surface area contributed by atoms with Gasteiger partial charge in [-0.05, 0) is 38.1 Å². The third kappa shape index (κ3) is 3.61. The monoisotopic (exact) mass is 356 g/mol. The van der Waals surface area contributed by atoms with Crippen molar-refractivity contribution in [2.24, 2.45) is 0 Å². The van der Waals surface area contributed by atoms with Crippen LogP contribution < -0.4 is 0 Å². The van der Waals surface area contributed by atoms with Gasteiger partial charge >= 0.3 is 0 Å². The zero-order chi connectivity index (χ0) is 14.0. The SMILES string of the molecule is Cc1cc(C(=O)CS(=O)c2cccc(Br)c2)c(C)s1. The zero-order valence-corrected chi connectivity index (χ0v) is 13.8. The van der Waals surface area contributed by atoms with E-state index in [2.05, 4.69) is 15.9 Å². The minimum absolute atomic E-state index is 0.0352. The van der Waals surface area contributed by atoms with Gasteiger partial charge in [-0.2, -0.15) is 0 Å². The Bertz CT molecular complexity index is 647. The summed E-state index contributed by atoms with van der Waals surface area (Å²) in [6, 6.07) is 9.13. The highest BCUT2D eigenvalue weighted by atomic mass is 79.9. The predicted molar refractivity (Wildman–Crippen MR) is 83.5 cm³/mol. The Morgan fingerprint density at radius 2 is 2.05 bits per heavy atom. The lowest BCUT2D eigenvalue weighted by Crippen LogP contribution is -2.11. The van der Waals surface area contributed by atoms with Gasteiger partial charge in [0.1, 0.15) is 0 Å². The molecule has 100 valence electrons. The normalized spacial score (nSPS) is 12.4. The van der Waals surface area contributed by atoms with E-state index < -0.39 is 10.8 Å². The van der Waals surface area contributed by atoms with Crippen LogP contribution >= 0.6 is 27.3 Å². The van der Waals surface area contributed by atoms with Crippen LogP contribution in [0.1, 0.15) is 20.1 Å². The van der Waals surface area contributed by atoms with Crippen molar-refractivity contribution in [3.05, 3.63) is 50.1 Å². The van der Waals surface area contributed by atoms with E-state index in [9.17, 15) is 9.00 Å². The Labute approximate surface area is 127 Å². The quantitative estimate of drug-likeness (QED) is 0.772. The van der Waals surface area contributed by atoms with E-state index in [-0.39, 0.29) is 11.5 Å². The summed E-state index contributed by atoms with van der Waals surface area (Å²) in [6.07, 6.45) is 0. The molecule has 2 aromatic rings. The third-order valence-electron chi connectivity index (χ3n) is 2.66. The van der Waals surface area contributed by atoms with Gasteiger partial charge in [-0.15, -0.1) is 11.3 Å². The van der Waals surface area contributed by atoms with E-state index in [1.165, 1.54) is 0 Å². The van der Waals surface area contributed by atoms with Gasteiger partial charge in [0.25, 0.3) is 0 Å². The molecule has 2 rings (SSSR count). The summed E-state index contributed by atoms with van der Waals surface area (Å²) >= 11 is 4.93. The predicted octanol–water partition coefficient (Wildman–Crippen LogP) is 4.12. The van der Waals surface area contributed by atoms with Gasteiger partial charge in [0, 0.05) is 24.7 Å². The standard InChI is InChI=1S/C14H13BrO2S2/c1-9-6-13(10(2)18-9)14(16)8-19(17)12-5-3-4-11(15)7-12/h3-7H,8H2,1-2H3. The second-order valence-electron chi connectivity index (χ2n) is 4.20. The summed E-state index contributed by atoms with van der Waals surface area (Å²) in [7, 11) is -1.30. The van der Waals surface area contributed by atoms with Crippen molar-refractivity contribution in [1.82, 2.24) is 0 Å². The number of carbonyl (C=O) groups excluding carboxylic acids is 1. The molecule has 0 bridgehead atoms. The van der Waals surface area contributed by atoms with E-state index in [0.717, 1.165) is 14.2 Å². The Morgan fingerprint density at radius 1 is 1.32 bits per heavy atom. The summed E-state index contributed by atoms with van der Waals surface area (Å²) in [5.41, 5.74) is 0.700. The summed E-state index contributed by atoms with van der Waals surface area (Å²) < 4.78 is 13.0. The van der Waals surface area contributed by atoms with Crippen LogP contribution in [0.25, 0.3) is 0 Å². The second-order valence-corrected chi connectivity index (χ2v) is 8.02. The Hall–Kier alpha value is -0.780. The van der Waals surface area contributed by atoms with Crippen LogP contribution in [-0.2, 0) is 10.8 Å². The molecule has 0 fully saturated rings. The summed E-state index contributed by atoms with van der Waals surface area (Å²) in [5, 5.41) is 0. The smallest absolute Gasteiger partial charge is 0.176 e. The molecular weight excluding hydrogens is 344 g/mol. The van der Waals surface area contributed by atoms with Gasteiger partial charge in [-0.3, -0.25) is 9.00 Å². The van der Waals surface area contributed by atoms with E-state index in [0.29, 0.717) is 10.5 Å². The van der Waals surface area contributed by atoms with Crippen molar-refractivity contribution >= 4 is 43.8 Å². The molecule has 0 aliphatic heterocycles. The number of thiophene rings is 1. The largest absolute Gasteiger partial charge is 0.293 e. The first kappa shape index (κ1) is 14.6. The molecule has 1 aromatic carbocycles. The van der Waals surface area contributed by atoms with Gasteiger partial charge in [-0.1, -0.05) is 22.0 Å². The van der Waals surface area contributed by atoms with Crippen LogP contribution in [0.2, 0.25) is 0 Å². The lowest BCUT2D eigenvalue weighted by Gasteiger charge is -2.02. The number of rotatable bonds is 4. The Kier molecular flexibility index (Phi) is 4.71. The molecule has 0 saturated carbocycles. The number of benzene rings is 1. The van der Waals surface area contributed by atoms with Crippen molar-refractivity contribution in [2.45, 2.75) is 18.7 Å². The van der Waals surface area contributed by atoms with Crippen molar-refractivity contribution in [2.75, 3.05) is 5.75 Å². The van der Waals surface area contributed by atoms with Crippen molar-refractivity contribution in [3.8, 4) is 0 Å². The molecule has 0 spiro atoms. The molecule has 0 saturated heterocycles. The van der Waals surface area contributed by atoms with Gasteiger partial charge in [0.05, 0.1) is 16.6 Å². The molecule has 0 radical (unpaired) electrons. The summed E-state index contributed by atoms with van der Waals surface area (Å²) in [4.78, 5) is 14.9. The molecule has 0 amide bonds. The van der Waals surface area contributed by atoms with Gasteiger partial charge < -0.3 is 0 Å². The molecule has 0 N–H and O–H groups in total. The van der Waals surface area contributed by atoms with Crippen LogP contribution in [-0.4, -0.2) is 15.7 Å². The lowest BCUT2D eigenvalue weighted by molar-refractivity contribution is 0.102. The van der Waals surface area contributed by atoms with Crippen LogP contribution in [0.15, 0.2) is 39.7 Å². The fraction of sp³-hybridized carbons (Fsp3) is 0.214. The van der Waals surface area contributed by atoms with Crippen LogP contribution in [0.3, 0.4) is 0 Å². The average Bonchev–Trinajstić information content (AvgIpc) is 2.68. The fourth-order valence-electron chi connectivity index (χ4n) is 1.80. The molecule has 0 aliphatic carbocycles. The first-order valence-electron chi connectivity index (χ1n) is 5.71. The second kappa shape index (κ2) is 6.11. The van der Waals surface area contributed by atoms with Crippen LogP contribution in [0.5, 0.6) is 0 Å². The number of hydrogen-bond acceptors (Lipinski definition) is 3. The Balaban J connectivity index is 2.15. The minimum Gasteiger partial charge on any atom is -0.293 e. The molecule has 1 aromatic heterocycles. The van der Waals surface area contributed by atoms with E-state index in [1.807, 2.05) is 32.0 Å². The van der Waals surface area contributed by atoms with E-state index in [4.69, 9.17) is 0 Å². The minimum atomic E-state index is -1.30. The molecule has 1 unspecified atom stereocenters. The van der Waals surface area contributed by atoms with Crippen LogP contribution in [0, 0.1) is 13.8 Å². The molecule has 19 heavy (non-hydrogen) atoms.